The molecule has 0 atom stereocenters. The van der Waals surface area contributed by atoms with Gasteiger partial charge in [0.25, 0.3) is 0 Å². The van der Waals surface area contributed by atoms with Gasteiger partial charge in [0.15, 0.2) is 0 Å². The van der Waals surface area contributed by atoms with Crippen LogP contribution in [0, 0.1) is 0 Å². The van der Waals surface area contributed by atoms with Crippen LogP contribution in [-0.4, -0.2) is 10.7 Å². The molecule has 0 aliphatic carbocycles. The second kappa shape index (κ2) is 4.75. The van der Waals surface area contributed by atoms with Crippen LogP contribution < -0.4 is 0 Å². The average Bonchev–Trinajstić information content (AvgIpc) is 2.00. The molecule has 2 heteroatoms. The second-order valence-electron chi connectivity index (χ2n) is 3.78. The molecule has 0 unspecified atom stereocenters. The van der Waals surface area contributed by atoms with Crippen molar-refractivity contribution in [1.29, 1.82) is 0 Å². The fourth-order valence-corrected chi connectivity index (χ4v) is 0.744. The molecule has 13 heavy (non-hydrogen) atoms. The number of allylic oxidation sites excluding steroid dienone is 3. The van der Waals surface area contributed by atoms with E-state index in [0.29, 0.717) is 5.76 Å². The number of hydrogen-bond donors (Lipinski definition) is 1. The molecular weight excluding hydrogens is 164 g/mol. The summed E-state index contributed by atoms with van der Waals surface area (Å²) in [5.41, 5.74) is 0.638. The molecule has 0 aromatic heterocycles. The maximum Gasteiger partial charge on any atom is 0.126 e. The minimum Gasteiger partial charge on any atom is -0.515 e. The zero-order valence-corrected chi connectivity index (χ0v) is 8.79. The Labute approximate surface area is 80.2 Å². The molecule has 0 fully saturated rings. The highest BCUT2D eigenvalue weighted by Crippen LogP contribution is 2.17. The molecule has 0 spiro atoms. The van der Waals surface area contributed by atoms with E-state index >= 15 is 0 Å². The first-order chi connectivity index (χ1) is 5.90. The zero-order valence-electron chi connectivity index (χ0n) is 8.79. The van der Waals surface area contributed by atoms with Crippen molar-refractivity contribution >= 4 is 0 Å². The van der Waals surface area contributed by atoms with E-state index in [-0.39, 0.29) is 5.60 Å². The van der Waals surface area contributed by atoms with Gasteiger partial charge in [-0.25, -0.2) is 0 Å². The van der Waals surface area contributed by atoms with Crippen molar-refractivity contribution < 1.29 is 9.84 Å². The molecule has 0 radical (unpaired) electrons. The molecule has 74 valence electrons. The minimum atomic E-state index is -0.265. The highest BCUT2D eigenvalue weighted by atomic mass is 16.5. The summed E-state index contributed by atoms with van der Waals surface area (Å²) >= 11 is 0. The van der Waals surface area contributed by atoms with Crippen LogP contribution in [0.5, 0.6) is 0 Å². The van der Waals surface area contributed by atoms with Gasteiger partial charge >= 0.3 is 0 Å². The van der Waals surface area contributed by atoms with Gasteiger partial charge in [-0.1, -0.05) is 12.7 Å². The first-order valence-corrected chi connectivity index (χ1v) is 4.24. The van der Waals surface area contributed by atoms with Crippen LogP contribution in [0.4, 0.5) is 0 Å². The van der Waals surface area contributed by atoms with Crippen LogP contribution in [0.3, 0.4) is 0 Å². The van der Waals surface area contributed by atoms with Crippen molar-refractivity contribution in [2.24, 2.45) is 0 Å². The molecule has 1 N–H and O–H groups in total. The third-order valence-corrected chi connectivity index (χ3v) is 1.34. The molecule has 0 aliphatic heterocycles. The third-order valence-electron chi connectivity index (χ3n) is 1.34. The van der Waals surface area contributed by atoms with Gasteiger partial charge in [-0.15, -0.1) is 0 Å². The number of rotatable bonds is 3. The topological polar surface area (TPSA) is 29.5 Å². The van der Waals surface area contributed by atoms with Gasteiger partial charge in [0.05, 0.1) is 6.26 Å². The van der Waals surface area contributed by atoms with E-state index in [1.54, 1.807) is 6.08 Å². The summed E-state index contributed by atoms with van der Waals surface area (Å²) in [4.78, 5) is 0. The molecule has 0 aromatic rings. The number of hydrogen-bond acceptors (Lipinski definition) is 2. The summed E-state index contributed by atoms with van der Waals surface area (Å²) in [5, 5.41) is 8.65. The first kappa shape index (κ1) is 11.8. The van der Waals surface area contributed by atoms with Gasteiger partial charge in [-0.2, -0.15) is 0 Å². The summed E-state index contributed by atoms with van der Waals surface area (Å²) in [5.74, 6) is 0.644. The van der Waals surface area contributed by atoms with Gasteiger partial charge in [-0.05, 0) is 33.3 Å². The van der Waals surface area contributed by atoms with Crippen LogP contribution >= 0.6 is 0 Å². The Morgan fingerprint density at radius 3 is 2.23 bits per heavy atom. The standard InChI is InChI=1S/C11H18O2/c1-6-9(2)10(7-8-12)13-11(3,4)5/h6-8,12H,1H2,2-5H3/b8-7-,10-9+. The van der Waals surface area contributed by atoms with Crippen molar-refractivity contribution in [1.82, 2.24) is 0 Å². The summed E-state index contributed by atoms with van der Waals surface area (Å²) in [7, 11) is 0. The van der Waals surface area contributed by atoms with Crippen molar-refractivity contribution in [2.45, 2.75) is 33.3 Å². The third kappa shape index (κ3) is 5.12. The molecule has 0 saturated carbocycles. The lowest BCUT2D eigenvalue weighted by atomic mass is 10.1. The Bertz CT molecular complexity index is 229. The fraction of sp³-hybridized carbons (Fsp3) is 0.455. The lowest BCUT2D eigenvalue weighted by molar-refractivity contribution is 0.0582. The summed E-state index contributed by atoms with van der Waals surface area (Å²) in [6.07, 6.45) is 4.18. The monoisotopic (exact) mass is 182 g/mol. The van der Waals surface area contributed by atoms with Crippen LogP contribution in [-0.2, 0) is 4.74 Å². The van der Waals surface area contributed by atoms with E-state index in [1.165, 1.54) is 6.08 Å². The molecule has 0 heterocycles. The van der Waals surface area contributed by atoms with E-state index in [1.807, 2.05) is 27.7 Å². The molecule has 0 saturated heterocycles. The molecule has 0 aliphatic rings. The number of aliphatic hydroxyl groups excluding tert-OH is 1. The molecule has 0 bridgehead atoms. The Morgan fingerprint density at radius 1 is 1.38 bits per heavy atom. The van der Waals surface area contributed by atoms with Crippen LogP contribution in [0.15, 0.2) is 36.3 Å². The lowest BCUT2D eigenvalue weighted by Crippen LogP contribution is -2.18. The summed E-state index contributed by atoms with van der Waals surface area (Å²) < 4.78 is 5.59. The van der Waals surface area contributed by atoms with E-state index < -0.39 is 0 Å². The van der Waals surface area contributed by atoms with Gasteiger partial charge in [0.2, 0.25) is 0 Å². The highest BCUT2D eigenvalue weighted by molar-refractivity contribution is 5.25. The number of ether oxygens (including phenoxy) is 1. The van der Waals surface area contributed by atoms with E-state index in [4.69, 9.17) is 9.84 Å². The molecule has 0 amide bonds. The molecular formula is C11H18O2. The lowest BCUT2D eigenvalue weighted by Gasteiger charge is -2.22. The second-order valence-corrected chi connectivity index (χ2v) is 3.78. The van der Waals surface area contributed by atoms with E-state index in [0.717, 1.165) is 11.8 Å². The Morgan fingerprint density at radius 2 is 1.92 bits per heavy atom. The average molecular weight is 182 g/mol. The predicted octanol–water partition coefficient (Wildman–Crippen LogP) is 3.33. The Kier molecular flexibility index (Phi) is 4.32. The maximum atomic E-state index is 8.65. The Balaban J connectivity index is 4.74. The van der Waals surface area contributed by atoms with Gasteiger partial charge in [0.1, 0.15) is 11.4 Å². The Hall–Kier alpha value is -1.18. The van der Waals surface area contributed by atoms with Crippen molar-refractivity contribution in [3.63, 3.8) is 0 Å². The normalized spacial score (nSPS) is 14.2. The quantitative estimate of drug-likeness (QED) is 0.536. The minimum absolute atomic E-state index is 0.265. The summed E-state index contributed by atoms with van der Waals surface area (Å²) in [6.45, 7) is 11.4. The highest BCUT2D eigenvalue weighted by Gasteiger charge is 2.13. The predicted molar refractivity (Wildman–Crippen MR) is 55.5 cm³/mol. The molecule has 0 aromatic carbocycles. The first-order valence-electron chi connectivity index (χ1n) is 4.24. The van der Waals surface area contributed by atoms with E-state index in [9.17, 15) is 0 Å². The van der Waals surface area contributed by atoms with Gasteiger partial charge in [0, 0.05) is 6.08 Å². The van der Waals surface area contributed by atoms with Crippen LogP contribution in [0.2, 0.25) is 0 Å². The molecule has 2 nitrogen and oxygen atoms in total. The fourth-order valence-electron chi connectivity index (χ4n) is 0.744. The largest absolute Gasteiger partial charge is 0.515 e. The maximum absolute atomic E-state index is 8.65. The van der Waals surface area contributed by atoms with E-state index in [2.05, 4.69) is 6.58 Å². The zero-order chi connectivity index (χ0) is 10.5. The smallest absolute Gasteiger partial charge is 0.126 e. The van der Waals surface area contributed by atoms with Gasteiger partial charge < -0.3 is 9.84 Å². The SMILES string of the molecule is C=C/C(C)=C(\C=C/O)OC(C)(C)C. The summed E-state index contributed by atoms with van der Waals surface area (Å²) in [6, 6.07) is 0. The van der Waals surface area contributed by atoms with Crippen LogP contribution in [0.1, 0.15) is 27.7 Å². The number of aliphatic hydroxyl groups is 1. The van der Waals surface area contributed by atoms with Crippen LogP contribution in [0.25, 0.3) is 0 Å². The van der Waals surface area contributed by atoms with Crippen molar-refractivity contribution in [3.8, 4) is 0 Å². The van der Waals surface area contributed by atoms with Crippen molar-refractivity contribution in [2.75, 3.05) is 0 Å². The van der Waals surface area contributed by atoms with Gasteiger partial charge in [-0.3, -0.25) is 0 Å². The molecule has 0 rings (SSSR count). The van der Waals surface area contributed by atoms with Crippen molar-refractivity contribution in [3.05, 3.63) is 36.3 Å².